The summed E-state index contributed by atoms with van der Waals surface area (Å²) < 4.78 is 21.0. The fourth-order valence-corrected chi connectivity index (χ4v) is 3.91. The molecule has 0 bridgehead atoms. The molecule has 4 rings (SSSR count). The van der Waals surface area contributed by atoms with Gasteiger partial charge in [-0.1, -0.05) is 0 Å². The third-order valence-corrected chi connectivity index (χ3v) is 5.23. The topological polar surface area (TPSA) is 33.5 Å². The van der Waals surface area contributed by atoms with E-state index in [0.29, 0.717) is 6.10 Å². The summed E-state index contributed by atoms with van der Waals surface area (Å²) in [4.78, 5) is 5.00. The second-order valence-electron chi connectivity index (χ2n) is 7.36. The third-order valence-electron chi connectivity index (χ3n) is 5.23. The summed E-state index contributed by atoms with van der Waals surface area (Å²) in [6.45, 7) is 7.22. The molecule has 2 aromatic rings. The van der Waals surface area contributed by atoms with Crippen molar-refractivity contribution >= 4 is 0 Å². The van der Waals surface area contributed by atoms with Crippen LogP contribution in [-0.2, 0) is 11.3 Å². The maximum absolute atomic E-state index is 13.1. The summed E-state index contributed by atoms with van der Waals surface area (Å²) in [7, 11) is 0. The molecule has 0 radical (unpaired) electrons. The van der Waals surface area contributed by atoms with E-state index in [2.05, 4.69) is 14.9 Å². The number of ether oxygens (including phenoxy) is 1. The maximum atomic E-state index is 13.1. The average molecular weight is 358 g/mol. The minimum atomic E-state index is -0.227. The molecule has 2 fully saturated rings. The van der Waals surface area contributed by atoms with Gasteiger partial charge < -0.3 is 9.64 Å². The predicted molar refractivity (Wildman–Crippen MR) is 98.8 cm³/mol. The van der Waals surface area contributed by atoms with Crippen LogP contribution in [-0.4, -0.2) is 65.0 Å². The summed E-state index contributed by atoms with van der Waals surface area (Å²) in [6, 6.07) is 6.42. The van der Waals surface area contributed by atoms with E-state index in [-0.39, 0.29) is 5.82 Å². The molecule has 140 valence electrons. The van der Waals surface area contributed by atoms with Gasteiger partial charge in [-0.15, -0.1) is 0 Å². The second-order valence-corrected chi connectivity index (χ2v) is 7.36. The van der Waals surface area contributed by atoms with Gasteiger partial charge in [-0.05, 0) is 56.6 Å². The van der Waals surface area contributed by atoms with E-state index >= 15 is 0 Å². The van der Waals surface area contributed by atoms with Gasteiger partial charge in [0.25, 0.3) is 0 Å². The first kappa shape index (κ1) is 17.6. The van der Waals surface area contributed by atoms with Gasteiger partial charge in [0.15, 0.2) is 0 Å². The lowest BCUT2D eigenvalue weighted by Gasteiger charge is -2.26. The molecule has 0 saturated carbocycles. The zero-order chi connectivity index (χ0) is 17.8. The molecule has 0 amide bonds. The quantitative estimate of drug-likeness (QED) is 0.823. The molecule has 0 unspecified atom stereocenters. The van der Waals surface area contributed by atoms with Crippen LogP contribution in [0.3, 0.4) is 0 Å². The largest absolute Gasteiger partial charge is 0.376 e. The molecule has 0 aliphatic carbocycles. The second kappa shape index (κ2) is 8.29. The summed E-state index contributed by atoms with van der Waals surface area (Å²) in [5, 5.41) is 4.44. The number of halogens is 1. The van der Waals surface area contributed by atoms with Gasteiger partial charge in [0.05, 0.1) is 18.0 Å². The highest BCUT2D eigenvalue weighted by Crippen LogP contribution is 2.15. The summed E-state index contributed by atoms with van der Waals surface area (Å²) in [6.07, 6.45) is 7.95. The molecule has 0 spiro atoms. The van der Waals surface area contributed by atoms with E-state index < -0.39 is 0 Å². The molecule has 2 saturated heterocycles. The van der Waals surface area contributed by atoms with Crippen molar-refractivity contribution in [3.8, 4) is 5.69 Å². The Morgan fingerprint density at radius 3 is 2.62 bits per heavy atom. The molecule has 3 heterocycles. The van der Waals surface area contributed by atoms with Crippen molar-refractivity contribution in [1.29, 1.82) is 0 Å². The van der Waals surface area contributed by atoms with Crippen LogP contribution in [0, 0.1) is 5.82 Å². The Bertz CT molecular complexity index is 696. The van der Waals surface area contributed by atoms with E-state index in [4.69, 9.17) is 4.74 Å². The van der Waals surface area contributed by atoms with Crippen molar-refractivity contribution in [1.82, 2.24) is 19.6 Å². The maximum Gasteiger partial charge on any atom is 0.123 e. The van der Waals surface area contributed by atoms with E-state index in [9.17, 15) is 4.39 Å². The van der Waals surface area contributed by atoms with Gasteiger partial charge in [-0.25, -0.2) is 9.07 Å². The normalized spacial score (nSPS) is 22.6. The minimum Gasteiger partial charge on any atom is -0.376 e. The van der Waals surface area contributed by atoms with Crippen molar-refractivity contribution in [3.05, 3.63) is 48.0 Å². The lowest BCUT2D eigenvalue weighted by atomic mass is 10.2. The zero-order valence-corrected chi connectivity index (χ0v) is 15.2. The summed E-state index contributed by atoms with van der Waals surface area (Å²) >= 11 is 0. The molecule has 2 aliphatic rings. The van der Waals surface area contributed by atoms with Crippen LogP contribution in [0.25, 0.3) is 5.69 Å². The first-order chi connectivity index (χ1) is 12.8. The van der Waals surface area contributed by atoms with Crippen molar-refractivity contribution in [3.63, 3.8) is 0 Å². The lowest BCUT2D eigenvalue weighted by Crippen LogP contribution is -2.39. The molecule has 0 N–H and O–H groups in total. The Labute approximate surface area is 154 Å². The number of likely N-dealkylation sites (tertiary alicyclic amines) is 1. The molecule has 1 aromatic carbocycles. The molecule has 6 heteroatoms. The summed E-state index contributed by atoms with van der Waals surface area (Å²) in [5.41, 5.74) is 2.06. The highest BCUT2D eigenvalue weighted by molar-refractivity contribution is 5.31. The smallest absolute Gasteiger partial charge is 0.123 e. The number of aromatic nitrogens is 2. The zero-order valence-electron chi connectivity index (χ0n) is 15.2. The van der Waals surface area contributed by atoms with Crippen LogP contribution in [0.4, 0.5) is 4.39 Å². The van der Waals surface area contributed by atoms with Crippen LogP contribution in [0.2, 0.25) is 0 Å². The highest BCUT2D eigenvalue weighted by Gasteiger charge is 2.23. The van der Waals surface area contributed by atoms with Gasteiger partial charge in [0, 0.05) is 44.5 Å². The SMILES string of the molecule is Fc1ccc(-n2cc(CN3CCCO[C@H](CN4CCCC4)C3)cn2)cc1. The molecule has 1 aromatic heterocycles. The monoisotopic (exact) mass is 358 g/mol. The number of benzene rings is 1. The lowest BCUT2D eigenvalue weighted by molar-refractivity contribution is 0.0308. The standard InChI is InChI=1S/C20H27FN4O/c21-18-4-6-19(7-5-18)25-14-17(12-22-25)13-24-10-3-11-26-20(16-24)15-23-8-1-2-9-23/h4-7,12,14,20H,1-3,8-11,13,15-16H2/t20-/m1/s1. The van der Waals surface area contributed by atoms with Crippen LogP contribution in [0.15, 0.2) is 36.7 Å². The molecular weight excluding hydrogens is 331 g/mol. The Hall–Kier alpha value is -1.76. The molecule has 1 atom stereocenters. The number of hydrogen-bond donors (Lipinski definition) is 0. The molecular formula is C20H27FN4O. The van der Waals surface area contributed by atoms with Crippen molar-refractivity contribution in [2.45, 2.75) is 31.9 Å². The van der Waals surface area contributed by atoms with Crippen LogP contribution in [0.1, 0.15) is 24.8 Å². The van der Waals surface area contributed by atoms with Gasteiger partial charge in [-0.2, -0.15) is 5.10 Å². The van der Waals surface area contributed by atoms with Crippen LogP contribution in [0.5, 0.6) is 0 Å². The third kappa shape index (κ3) is 4.50. The summed E-state index contributed by atoms with van der Waals surface area (Å²) in [5.74, 6) is -0.227. The Kier molecular flexibility index (Phi) is 5.62. The molecule has 5 nitrogen and oxygen atoms in total. The van der Waals surface area contributed by atoms with Gasteiger partial charge >= 0.3 is 0 Å². The van der Waals surface area contributed by atoms with E-state index in [1.165, 1.54) is 43.6 Å². The number of hydrogen-bond acceptors (Lipinski definition) is 4. The minimum absolute atomic E-state index is 0.227. The van der Waals surface area contributed by atoms with Gasteiger partial charge in [-0.3, -0.25) is 4.90 Å². The Balaban J connectivity index is 1.37. The Morgan fingerprint density at radius 2 is 1.81 bits per heavy atom. The van der Waals surface area contributed by atoms with Crippen molar-refractivity contribution in [2.24, 2.45) is 0 Å². The molecule has 26 heavy (non-hydrogen) atoms. The Morgan fingerprint density at radius 1 is 1.04 bits per heavy atom. The average Bonchev–Trinajstić information content (AvgIpc) is 3.26. The van der Waals surface area contributed by atoms with Crippen molar-refractivity contribution in [2.75, 3.05) is 39.3 Å². The van der Waals surface area contributed by atoms with E-state index in [1.807, 2.05) is 17.1 Å². The van der Waals surface area contributed by atoms with Crippen molar-refractivity contribution < 1.29 is 9.13 Å². The molecule has 2 aliphatic heterocycles. The predicted octanol–water partition coefficient (Wildman–Crippen LogP) is 2.70. The van der Waals surface area contributed by atoms with Gasteiger partial charge in [0.2, 0.25) is 0 Å². The first-order valence-corrected chi connectivity index (χ1v) is 9.62. The first-order valence-electron chi connectivity index (χ1n) is 9.62. The fourth-order valence-electron chi connectivity index (χ4n) is 3.91. The number of rotatable bonds is 5. The van der Waals surface area contributed by atoms with Gasteiger partial charge in [0.1, 0.15) is 5.82 Å². The van der Waals surface area contributed by atoms with E-state index in [0.717, 1.165) is 44.9 Å². The van der Waals surface area contributed by atoms with E-state index in [1.54, 1.807) is 12.1 Å². The number of nitrogens with zero attached hydrogens (tertiary/aromatic N) is 4. The highest BCUT2D eigenvalue weighted by atomic mass is 19.1. The van der Waals surface area contributed by atoms with Crippen LogP contribution >= 0.6 is 0 Å². The fraction of sp³-hybridized carbons (Fsp3) is 0.550. The van der Waals surface area contributed by atoms with Crippen LogP contribution < -0.4 is 0 Å².